The monoisotopic (exact) mass is 219 g/mol. The van der Waals surface area contributed by atoms with Crippen LogP contribution in [-0.2, 0) is 0 Å². The van der Waals surface area contributed by atoms with Gasteiger partial charge in [0.1, 0.15) is 5.82 Å². The first-order valence-electron chi connectivity index (χ1n) is 5.97. The number of nitrogens with zero attached hydrogens (tertiary/aromatic N) is 3. The maximum absolute atomic E-state index is 4.46. The Bertz CT molecular complexity index is 352. The van der Waals surface area contributed by atoms with Crippen molar-refractivity contribution in [3.05, 3.63) is 23.9 Å². The predicted octanol–water partition coefficient (Wildman–Crippen LogP) is 1.92. The van der Waals surface area contributed by atoms with Crippen molar-refractivity contribution in [1.82, 2.24) is 9.88 Å². The van der Waals surface area contributed by atoms with Crippen LogP contribution in [0.25, 0.3) is 0 Å². The van der Waals surface area contributed by atoms with Gasteiger partial charge in [-0.25, -0.2) is 4.98 Å². The highest BCUT2D eigenvalue weighted by Gasteiger charge is 2.26. The van der Waals surface area contributed by atoms with E-state index in [4.69, 9.17) is 0 Å². The van der Waals surface area contributed by atoms with Gasteiger partial charge in [-0.2, -0.15) is 0 Å². The lowest BCUT2D eigenvalue weighted by molar-refractivity contribution is 0.169. The number of aryl methyl sites for hydroxylation is 1. The van der Waals surface area contributed by atoms with Crippen LogP contribution in [0.3, 0.4) is 0 Å². The van der Waals surface area contributed by atoms with Crippen LogP contribution in [-0.4, -0.2) is 42.1 Å². The molecule has 0 aliphatic carbocycles. The van der Waals surface area contributed by atoms with Crippen LogP contribution in [0.2, 0.25) is 0 Å². The molecule has 2 atom stereocenters. The molecule has 1 aliphatic rings. The zero-order valence-corrected chi connectivity index (χ0v) is 10.6. The highest BCUT2D eigenvalue weighted by atomic mass is 15.3. The first-order chi connectivity index (χ1) is 7.58. The van der Waals surface area contributed by atoms with Crippen LogP contribution in [0.15, 0.2) is 18.3 Å². The second-order valence-corrected chi connectivity index (χ2v) is 4.96. The molecule has 88 valence electrons. The third kappa shape index (κ3) is 2.19. The van der Waals surface area contributed by atoms with E-state index in [0.717, 1.165) is 18.9 Å². The summed E-state index contributed by atoms with van der Waals surface area (Å²) in [6.45, 7) is 8.81. The number of hydrogen-bond donors (Lipinski definition) is 0. The van der Waals surface area contributed by atoms with E-state index in [1.54, 1.807) is 0 Å². The van der Waals surface area contributed by atoms with Crippen molar-refractivity contribution >= 4 is 5.82 Å². The summed E-state index contributed by atoms with van der Waals surface area (Å²) in [5.41, 5.74) is 1.28. The summed E-state index contributed by atoms with van der Waals surface area (Å²) in [6, 6.07) is 5.40. The lowest BCUT2D eigenvalue weighted by Crippen LogP contribution is -2.55. The maximum atomic E-state index is 4.46. The van der Waals surface area contributed by atoms with E-state index < -0.39 is 0 Å². The fourth-order valence-electron chi connectivity index (χ4n) is 2.28. The molecule has 3 heteroatoms. The van der Waals surface area contributed by atoms with Crippen molar-refractivity contribution in [2.45, 2.75) is 32.9 Å². The molecule has 0 radical (unpaired) electrons. The fourth-order valence-corrected chi connectivity index (χ4v) is 2.28. The highest BCUT2D eigenvalue weighted by Crippen LogP contribution is 2.19. The molecule has 1 saturated heterocycles. The molecule has 3 nitrogen and oxygen atoms in total. The summed E-state index contributed by atoms with van der Waals surface area (Å²) >= 11 is 0. The molecule has 2 heterocycles. The van der Waals surface area contributed by atoms with Crippen LogP contribution in [0, 0.1) is 6.92 Å². The Hall–Kier alpha value is -1.09. The first-order valence-corrected chi connectivity index (χ1v) is 5.97. The number of anilines is 1. The van der Waals surface area contributed by atoms with Crippen molar-refractivity contribution in [3.63, 3.8) is 0 Å². The van der Waals surface area contributed by atoms with Crippen molar-refractivity contribution in [1.29, 1.82) is 0 Å². The van der Waals surface area contributed by atoms with Gasteiger partial charge in [0, 0.05) is 31.4 Å². The van der Waals surface area contributed by atoms with Crippen molar-refractivity contribution < 1.29 is 0 Å². The third-order valence-electron chi connectivity index (χ3n) is 3.58. The van der Waals surface area contributed by atoms with Gasteiger partial charge in [-0.15, -0.1) is 0 Å². The molecule has 0 unspecified atom stereocenters. The Morgan fingerprint density at radius 3 is 2.44 bits per heavy atom. The zero-order chi connectivity index (χ0) is 11.7. The summed E-state index contributed by atoms with van der Waals surface area (Å²) in [5, 5.41) is 0. The van der Waals surface area contributed by atoms with E-state index >= 15 is 0 Å². The van der Waals surface area contributed by atoms with Crippen LogP contribution in [0.4, 0.5) is 5.82 Å². The minimum absolute atomic E-state index is 0.589. The number of likely N-dealkylation sites (N-methyl/N-ethyl adjacent to an activating group) is 1. The SMILES string of the molecule is Cc1ccnc(N2C[C@@H](C)N(C)[C@@H](C)C2)c1. The largest absolute Gasteiger partial charge is 0.353 e. The van der Waals surface area contributed by atoms with E-state index in [1.807, 2.05) is 12.3 Å². The highest BCUT2D eigenvalue weighted by molar-refractivity contribution is 5.41. The Balaban J connectivity index is 2.17. The van der Waals surface area contributed by atoms with E-state index in [-0.39, 0.29) is 0 Å². The van der Waals surface area contributed by atoms with E-state index in [1.165, 1.54) is 5.56 Å². The second kappa shape index (κ2) is 4.42. The summed E-state index contributed by atoms with van der Waals surface area (Å²) in [6.07, 6.45) is 1.90. The number of pyridine rings is 1. The molecule has 1 fully saturated rings. The van der Waals surface area contributed by atoms with Gasteiger partial charge in [0.05, 0.1) is 0 Å². The van der Waals surface area contributed by atoms with Gasteiger partial charge in [0.15, 0.2) is 0 Å². The average molecular weight is 219 g/mol. The number of piperazine rings is 1. The third-order valence-corrected chi connectivity index (χ3v) is 3.58. The number of rotatable bonds is 1. The first kappa shape index (κ1) is 11.4. The fraction of sp³-hybridized carbons (Fsp3) is 0.615. The van der Waals surface area contributed by atoms with Crippen LogP contribution < -0.4 is 4.90 Å². The van der Waals surface area contributed by atoms with Gasteiger partial charge in [-0.3, -0.25) is 4.90 Å². The van der Waals surface area contributed by atoms with Gasteiger partial charge in [0.2, 0.25) is 0 Å². The van der Waals surface area contributed by atoms with Gasteiger partial charge >= 0.3 is 0 Å². The molecular formula is C13H21N3. The summed E-state index contributed by atoms with van der Waals surface area (Å²) in [7, 11) is 2.20. The van der Waals surface area contributed by atoms with E-state index in [9.17, 15) is 0 Å². The second-order valence-electron chi connectivity index (χ2n) is 4.96. The molecule has 1 aromatic heterocycles. The number of aromatic nitrogens is 1. The van der Waals surface area contributed by atoms with Crippen molar-refractivity contribution in [2.24, 2.45) is 0 Å². The molecular weight excluding hydrogens is 198 g/mol. The molecule has 0 aromatic carbocycles. The normalized spacial score (nSPS) is 27.1. The molecule has 0 spiro atoms. The topological polar surface area (TPSA) is 19.4 Å². The van der Waals surface area contributed by atoms with Crippen molar-refractivity contribution in [3.8, 4) is 0 Å². The quantitative estimate of drug-likeness (QED) is 0.719. The Kier molecular flexibility index (Phi) is 3.15. The van der Waals surface area contributed by atoms with Gasteiger partial charge in [-0.1, -0.05) is 0 Å². The number of hydrogen-bond acceptors (Lipinski definition) is 3. The van der Waals surface area contributed by atoms with E-state index in [2.05, 4.69) is 48.7 Å². The Labute approximate surface area is 98.1 Å². The molecule has 0 N–H and O–H groups in total. The summed E-state index contributed by atoms with van der Waals surface area (Å²) in [4.78, 5) is 9.29. The van der Waals surface area contributed by atoms with Gasteiger partial charge in [-0.05, 0) is 45.5 Å². The van der Waals surface area contributed by atoms with Gasteiger partial charge in [0.25, 0.3) is 0 Å². The van der Waals surface area contributed by atoms with Crippen LogP contribution in [0.1, 0.15) is 19.4 Å². The minimum atomic E-state index is 0.589. The van der Waals surface area contributed by atoms with E-state index in [0.29, 0.717) is 12.1 Å². The molecule has 0 bridgehead atoms. The molecule has 0 amide bonds. The van der Waals surface area contributed by atoms with Gasteiger partial charge < -0.3 is 4.90 Å². The zero-order valence-electron chi connectivity index (χ0n) is 10.6. The summed E-state index contributed by atoms with van der Waals surface area (Å²) in [5.74, 6) is 1.12. The predicted molar refractivity (Wildman–Crippen MR) is 67.9 cm³/mol. The molecule has 1 aliphatic heterocycles. The Morgan fingerprint density at radius 2 is 1.88 bits per heavy atom. The maximum Gasteiger partial charge on any atom is 0.128 e. The lowest BCUT2D eigenvalue weighted by Gasteiger charge is -2.43. The molecule has 1 aromatic rings. The van der Waals surface area contributed by atoms with Crippen molar-refractivity contribution in [2.75, 3.05) is 25.0 Å². The smallest absolute Gasteiger partial charge is 0.128 e. The summed E-state index contributed by atoms with van der Waals surface area (Å²) < 4.78 is 0. The molecule has 0 saturated carbocycles. The standard InChI is InChI=1S/C13H21N3/c1-10-5-6-14-13(7-10)16-8-11(2)15(4)12(3)9-16/h5-7,11-12H,8-9H2,1-4H3/t11-,12+. The van der Waals surface area contributed by atoms with Crippen LogP contribution >= 0.6 is 0 Å². The molecule has 16 heavy (non-hydrogen) atoms. The average Bonchev–Trinajstić information content (AvgIpc) is 2.25. The Morgan fingerprint density at radius 1 is 1.25 bits per heavy atom. The molecule has 2 rings (SSSR count). The lowest BCUT2D eigenvalue weighted by atomic mass is 10.1. The van der Waals surface area contributed by atoms with Crippen LogP contribution in [0.5, 0.6) is 0 Å². The minimum Gasteiger partial charge on any atom is -0.353 e.